The van der Waals surface area contributed by atoms with Gasteiger partial charge in [-0.15, -0.1) is 24.0 Å². The van der Waals surface area contributed by atoms with Crippen LogP contribution in [0.5, 0.6) is 0 Å². The molecule has 0 atom stereocenters. The van der Waals surface area contributed by atoms with Crippen LogP contribution in [0.2, 0.25) is 0 Å². The van der Waals surface area contributed by atoms with Crippen molar-refractivity contribution in [3.05, 3.63) is 23.1 Å². The Kier molecular flexibility index (Phi) is 2.53. The standard InChI is InChI=1S/C9H8BrNS2/c10-3-6-8(12)2-1-5-7(11)4-13-9(5)6/h1-2,4,12H,3,11H2. The molecule has 0 aliphatic rings. The highest BCUT2D eigenvalue weighted by molar-refractivity contribution is 9.08. The minimum Gasteiger partial charge on any atom is -0.398 e. The van der Waals surface area contributed by atoms with Crippen LogP contribution in [0, 0.1) is 0 Å². The van der Waals surface area contributed by atoms with Crippen LogP contribution in [0.3, 0.4) is 0 Å². The first kappa shape index (κ1) is 9.37. The van der Waals surface area contributed by atoms with Crippen LogP contribution in [0.15, 0.2) is 22.4 Å². The van der Waals surface area contributed by atoms with Gasteiger partial charge in [-0.05, 0) is 11.6 Å². The molecule has 4 heteroatoms. The van der Waals surface area contributed by atoms with Gasteiger partial charge < -0.3 is 5.73 Å². The molecular weight excluding hydrogens is 266 g/mol. The van der Waals surface area contributed by atoms with E-state index in [4.69, 9.17) is 5.73 Å². The molecule has 1 nitrogen and oxygen atoms in total. The third kappa shape index (κ3) is 1.47. The quantitative estimate of drug-likeness (QED) is 0.602. The van der Waals surface area contributed by atoms with Gasteiger partial charge in [0.25, 0.3) is 0 Å². The number of hydrogen-bond acceptors (Lipinski definition) is 3. The number of hydrogen-bond donors (Lipinski definition) is 2. The first-order valence-corrected chi connectivity index (χ1v) is 6.22. The van der Waals surface area contributed by atoms with Gasteiger partial charge in [-0.25, -0.2) is 0 Å². The van der Waals surface area contributed by atoms with Gasteiger partial charge in [0.15, 0.2) is 0 Å². The molecule has 0 fully saturated rings. The van der Waals surface area contributed by atoms with Crippen molar-refractivity contribution in [1.29, 1.82) is 0 Å². The Hall–Kier alpha value is -0.190. The van der Waals surface area contributed by atoms with Crippen LogP contribution in [0.1, 0.15) is 5.56 Å². The highest BCUT2D eigenvalue weighted by atomic mass is 79.9. The number of halogens is 1. The van der Waals surface area contributed by atoms with E-state index in [0.717, 1.165) is 21.3 Å². The van der Waals surface area contributed by atoms with E-state index >= 15 is 0 Å². The monoisotopic (exact) mass is 273 g/mol. The van der Waals surface area contributed by atoms with Crippen molar-refractivity contribution in [3.8, 4) is 0 Å². The van der Waals surface area contributed by atoms with E-state index in [2.05, 4.69) is 28.6 Å². The average Bonchev–Trinajstić information content (AvgIpc) is 2.48. The minimum absolute atomic E-state index is 0.823. The molecule has 1 aromatic carbocycles. The Morgan fingerprint density at radius 1 is 1.46 bits per heavy atom. The number of rotatable bonds is 1. The van der Waals surface area contributed by atoms with E-state index in [1.807, 2.05) is 17.5 Å². The van der Waals surface area contributed by atoms with E-state index < -0.39 is 0 Å². The summed E-state index contributed by atoms with van der Waals surface area (Å²) in [4.78, 5) is 1.02. The van der Waals surface area contributed by atoms with E-state index in [-0.39, 0.29) is 0 Å². The number of alkyl halides is 1. The normalized spacial score (nSPS) is 10.9. The van der Waals surface area contributed by atoms with Crippen molar-refractivity contribution in [1.82, 2.24) is 0 Å². The molecule has 0 aliphatic heterocycles. The van der Waals surface area contributed by atoms with Gasteiger partial charge in [0, 0.05) is 25.7 Å². The van der Waals surface area contributed by atoms with Crippen LogP contribution in [-0.4, -0.2) is 0 Å². The molecule has 1 heterocycles. The molecule has 0 spiro atoms. The first-order chi connectivity index (χ1) is 6.24. The van der Waals surface area contributed by atoms with Gasteiger partial charge in [-0.2, -0.15) is 0 Å². The molecule has 2 N–H and O–H groups in total. The summed E-state index contributed by atoms with van der Waals surface area (Å²) in [5, 5.41) is 3.94. The fraction of sp³-hybridized carbons (Fsp3) is 0.111. The van der Waals surface area contributed by atoms with Crippen LogP contribution >= 0.6 is 39.9 Å². The zero-order valence-corrected chi connectivity index (χ0v) is 10.0. The van der Waals surface area contributed by atoms with Gasteiger partial charge in [-0.1, -0.05) is 22.0 Å². The number of thiol groups is 1. The molecule has 13 heavy (non-hydrogen) atoms. The smallest absolute Gasteiger partial charge is 0.0502 e. The van der Waals surface area contributed by atoms with Crippen molar-refractivity contribution in [2.75, 3.05) is 5.73 Å². The number of anilines is 1. The maximum absolute atomic E-state index is 5.82. The maximum Gasteiger partial charge on any atom is 0.0502 e. The lowest BCUT2D eigenvalue weighted by molar-refractivity contribution is 1.34. The highest BCUT2D eigenvalue weighted by Gasteiger charge is 2.07. The number of nitrogen functional groups attached to an aromatic ring is 1. The predicted molar refractivity (Wildman–Crippen MR) is 66.1 cm³/mol. The van der Waals surface area contributed by atoms with Gasteiger partial charge in [0.05, 0.1) is 5.69 Å². The topological polar surface area (TPSA) is 26.0 Å². The molecule has 0 saturated carbocycles. The molecular formula is C9H8BrNS2. The van der Waals surface area contributed by atoms with Gasteiger partial charge >= 0.3 is 0 Å². The van der Waals surface area contributed by atoms with E-state index in [1.54, 1.807) is 11.3 Å². The van der Waals surface area contributed by atoms with Crippen molar-refractivity contribution >= 4 is 55.7 Å². The van der Waals surface area contributed by atoms with Crippen LogP contribution in [-0.2, 0) is 5.33 Å². The number of fused-ring (bicyclic) bond motifs is 1. The lowest BCUT2D eigenvalue weighted by Crippen LogP contribution is -1.84. The minimum atomic E-state index is 0.823. The van der Waals surface area contributed by atoms with Crippen molar-refractivity contribution in [2.45, 2.75) is 10.2 Å². The van der Waals surface area contributed by atoms with Crippen molar-refractivity contribution in [2.24, 2.45) is 0 Å². The van der Waals surface area contributed by atoms with Crippen LogP contribution < -0.4 is 5.73 Å². The summed E-state index contributed by atoms with van der Waals surface area (Å²) in [6.07, 6.45) is 0. The van der Waals surface area contributed by atoms with Crippen molar-refractivity contribution in [3.63, 3.8) is 0 Å². The van der Waals surface area contributed by atoms with Crippen LogP contribution in [0.25, 0.3) is 10.1 Å². The molecule has 0 aliphatic carbocycles. The summed E-state index contributed by atoms with van der Waals surface area (Å²) in [6, 6.07) is 4.01. The van der Waals surface area contributed by atoms with E-state index in [9.17, 15) is 0 Å². The average molecular weight is 274 g/mol. The molecule has 2 rings (SSSR count). The molecule has 0 bridgehead atoms. The highest BCUT2D eigenvalue weighted by Crippen LogP contribution is 2.34. The largest absolute Gasteiger partial charge is 0.398 e. The zero-order valence-electron chi connectivity index (χ0n) is 6.75. The molecule has 2 aromatic rings. The maximum atomic E-state index is 5.82. The number of thiophene rings is 1. The fourth-order valence-electron chi connectivity index (χ4n) is 1.29. The molecule has 68 valence electrons. The Bertz CT molecular complexity index is 450. The third-order valence-corrected chi connectivity index (χ3v) is 4.04. The predicted octanol–water partition coefficient (Wildman–Crippen LogP) is 3.67. The van der Waals surface area contributed by atoms with Gasteiger partial charge in [-0.3, -0.25) is 0 Å². The van der Waals surface area contributed by atoms with Gasteiger partial charge in [0.2, 0.25) is 0 Å². The summed E-state index contributed by atoms with van der Waals surface area (Å²) in [6.45, 7) is 0. The SMILES string of the molecule is Nc1csc2c(CBr)c(S)ccc12. The zero-order chi connectivity index (χ0) is 9.42. The molecule has 0 radical (unpaired) electrons. The van der Waals surface area contributed by atoms with Crippen LogP contribution in [0.4, 0.5) is 5.69 Å². The number of nitrogens with two attached hydrogens (primary N) is 1. The Labute approximate surface area is 94.5 Å². The summed E-state index contributed by atoms with van der Waals surface area (Å²) in [5.74, 6) is 0. The number of benzene rings is 1. The molecule has 0 saturated heterocycles. The molecule has 1 aromatic heterocycles. The fourth-order valence-corrected chi connectivity index (χ4v) is 3.63. The van der Waals surface area contributed by atoms with Crippen molar-refractivity contribution < 1.29 is 0 Å². The second-order valence-corrected chi connectivity index (χ2v) is 4.69. The summed E-state index contributed by atoms with van der Waals surface area (Å²) in [5.41, 5.74) is 7.90. The van der Waals surface area contributed by atoms with E-state index in [1.165, 1.54) is 10.3 Å². The van der Waals surface area contributed by atoms with E-state index in [0.29, 0.717) is 0 Å². The third-order valence-electron chi connectivity index (χ3n) is 1.98. The molecule has 0 unspecified atom stereocenters. The Morgan fingerprint density at radius 3 is 2.92 bits per heavy atom. The Balaban J connectivity index is 2.85. The lowest BCUT2D eigenvalue weighted by atomic mass is 10.2. The first-order valence-electron chi connectivity index (χ1n) is 3.77. The second kappa shape index (κ2) is 3.52. The van der Waals surface area contributed by atoms with Gasteiger partial charge in [0.1, 0.15) is 0 Å². The summed E-state index contributed by atoms with van der Waals surface area (Å²) < 4.78 is 1.24. The Morgan fingerprint density at radius 2 is 2.23 bits per heavy atom. The lowest BCUT2D eigenvalue weighted by Gasteiger charge is -2.02. The second-order valence-electron chi connectivity index (χ2n) is 2.76. The summed E-state index contributed by atoms with van der Waals surface area (Å²) >= 11 is 9.53. The summed E-state index contributed by atoms with van der Waals surface area (Å²) in [7, 11) is 0. The molecule has 0 amide bonds.